The molecule has 8 heteroatoms. The number of fused-ring (bicyclic) bond motifs is 1. The molecule has 0 aromatic carbocycles. The molecule has 3 aromatic heterocycles. The summed E-state index contributed by atoms with van der Waals surface area (Å²) in [6.45, 7) is 2.59. The molecule has 0 fully saturated rings. The molecule has 0 radical (unpaired) electrons. The van der Waals surface area contributed by atoms with Gasteiger partial charge in [-0.15, -0.1) is 11.6 Å². The molecule has 7 nitrogen and oxygen atoms in total. The molecular formula is C13H15ClN6O. The fourth-order valence-electron chi connectivity index (χ4n) is 2.35. The summed E-state index contributed by atoms with van der Waals surface area (Å²) in [6.07, 6.45) is 3.45. The highest BCUT2D eigenvalue weighted by atomic mass is 35.5. The number of hydrogen-bond donors (Lipinski definition) is 0. The molecule has 0 spiro atoms. The van der Waals surface area contributed by atoms with Crippen molar-refractivity contribution in [3.63, 3.8) is 0 Å². The molecule has 0 amide bonds. The van der Waals surface area contributed by atoms with E-state index in [1.807, 2.05) is 24.7 Å². The molecule has 0 aliphatic heterocycles. The van der Waals surface area contributed by atoms with Crippen LogP contribution in [0.2, 0.25) is 0 Å². The van der Waals surface area contributed by atoms with E-state index in [9.17, 15) is 0 Å². The number of alkyl halides is 1. The van der Waals surface area contributed by atoms with Gasteiger partial charge in [0.05, 0.1) is 25.2 Å². The summed E-state index contributed by atoms with van der Waals surface area (Å²) >= 11 is 6.02. The van der Waals surface area contributed by atoms with Gasteiger partial charge in [0, 0.05) is 18.8 Å². The highest BCUT2D eigenvalue weighted by Crippen LogP contribution is 2.23. The molecule has 3 aromatic rings. The maximum atomic E-state index is 6.02. The second-order valence-electron chi connectivity index (χ2n) is 4.72. The van der Waals surface area contributed by atoms with E-state index in [1.165, 1.54) is 6.33 Å². The Bertz CT molecular complexity index is 793. The van der Waals surface area contributed by atoms with Crippen molar-refractivity contribution in [2.24, 2.45) is 7.05 Å². The molecule has 0 N–H and O–H groups in total. The van der Waals surface area contributed by atoms with Crippen LogP contribution in [0.3, 0.4) is 0 Å². The van der Waals surface area contributed by atoms with Crippen LogP contribution in [0.1, 0.15) is 17.1 Å². The van der Waals surface area contributed by atoms with Crippen molar-refractivity contribution in [3.05, 3.63) is 29.6 Å². The van der Waals surface area contributed by atoms with Crippen LogP contribution in [0.4, 0.5) is 0 Å². The van der Waals surface area contributed by atoms with Crippen molar-refractivity contribution in [1.29, 1.82) is 0 Å². The zero-order chi connectivity index (χ0) is 15.0. The average Bonchev–Trinajstić information content (AvgIpc) is 2.99. The summed E-state index contributed by atoms with van der Waals surface area (Å²) in [6, 6.07) is 0. The van der Waals surface area contributed by atoms with Gasteiger partial charge in [-0.05, 0) is 6.92 Å². The lowest BCUT2D eigenvalue weighted by Crippen LogP contribution is -2.05. The predicted molar refractivity (Wildman–Crippen MR) is 78.5 cm³/mol. The van der Waals surface area contributed by atoms with Gasteiger partial charge in [0.2, 0.25) is 5.88 Å². The lowest BCUT2D eigenvalue weighted by molar-refractivity contribution is 0.401. The maximum Gasteiger partial charge on any atom is 0.245 e. The van der Waals surface area contributed by atoms with Gasteiger partial charge in [-0.3, -0.25) is 4.68 Å². The smallest absolute Gasteiger partial charge is 0.245 e. The van der Waals surface area contributed by atoms with Crippen LogP contribution < -0.4 is 4.74 Å². The Hall–Kier alpha value is -2.15. The Morgan fingerprint density at radius 3 is 2.76 bits per heavy atom. The van der Waals surface area contributed by atoms with Gasteiger partial charge in [-0.25, -0.2) is 9.97 Å². The van der Waals surface area contributed by atoms with E-state index >= 15 is 0 Å². The molecule has 0 atom stereocenters. The van der Waals surface area contributed by atoms with Crippen LogP contribution in [0.25, 0.3) is 11.2 Å². The first-order valence-corrected chi connectivity index (χ1v) is 6.96. The number of methoxy groups -OCH3 is 1. The summed E-state index contributed by atoms with van der Waals surface area (Å²) in [5, 5.41) is 4.35. The van der Waals surface area contributed by atoms with Gasteiger partial charge >= 0.3 is 0 Å². The second kappa shape index (κ2) is 5.33. The summed E-state index contributed by atoms with van der Waals surface area (Å²) < 4.78 is 8.99. The normalized spacial score (nSPS) is 11.2. The van der Waals surface area contributed by atoms with Crippen molar-refractivity contribution >= 4 is 22.8 Å². The number of ether oxygens (including phenoxy) is 1. The third kappa shape index (κ3) is 2.33. The minimum absolute atomic E-state index is 0.291. The molecule has 3 rings (SSSR count). The van der Waals surface area contributed by atoms with Gasteiger partial charge < -0.3 is 9.30 Å². The lowest BCUT2D eigenvalue weighted by Gasteiger charge is -2.06. The Labute approximate surface area is 126 Å². The molecule has 0 saturated carbocycles. The van der Waals surface area contributed by atoms with Crippen molar-refractivity contribution in [2.75, 3.05) is 7.11 Å². The average molecular weight is 307 g/mol. The van der Waals surface area contributed by atoms with Gasteiger partial charge in [0.1, 0.15) is 12.2 Å². The third-order valence-corrected chi connectivity index (χ3v) is 3.57. The van der Waals surface area contributed by atoms with Crippen LogP contribution in [0, 0.1) is 6.92 Å². The molecular weight excluding hydrogens is 292 g/mol. The van der Waals surface area contributed by atoms with Crippen LogP contribution >= 0.6 is 11.6 Å². The van der Waals surface area contributed by atoms with E-state index in [0.717, 1.165) is 17.1 Å². The Balaban J connectivity index is 2.14. The summed E-state index contributed by atoms with van der Waals surface area (Å²) in [5.74, 6) is 1.47. The molecule has 0 saturated heterocycles. The van der Waals surface area contributed by atoms with Crippen molar-refractivity contribution < 1.29 is 4.74 Å². The molecule has 21 heavy (non-hydrogen) atoms. The van der Waals surface area contributed by atoms with Gasteiger partial charge in [0.15, 0.2) is 11.2 Å². The monoisotopic (exact) mass is 306 g/mol. The molecule has 0 unspecified atom stereocenters. The van der Waals surface area contributed by atoms with E-state index in [0.29, 0.717) is 29.5 Å². The highest BCUT2D eigenvalue weighted by Gasteiger charge is 2.17. The topological polar surface area (TPSA) is 70.7 Å². The van der Waals surface area contributed by atoms with Gasteiger partial charge in [-0.1, -0.05) is 0 Å². The molecule has 0 aliphatic rings. The van der Waals surface area contributed by atoms with E-state index in [1.54, 1.807) is 11.8 Å². The number of aromatic nitrogens is 6. The first kappa shape index (κ1) is 13.8. The zero-order valence-electron chi connectivity index (χ0n) is 12.0. The molecule has 0 bridgehead atoms. The molecule has 0 aliphatic carbocycles. The first-order valence-electron chi connectivity index (χ1n) is 6.43. The van der Waals surface area contributed by atoms with E-state index in [2.05, 4.69) is 20.1 Å². The SMILES string of the molecule is COc1ncnc2c1nc(CCl)n2Cc1cn(C)nc1C. The Morgan fingerprint density at radius 2 is 2.14 bits per heavy atom. The fraction of sp³-hybridized carbons (Fsp3) is 0.385. The Morgan fingerprint density at radius 1 is 1.33 bits per heavy atom. The number of halogens is 1. The summed E-state index contributed by atoms with van der Waals surface area (Å²) in [7, 11) is 3.46. The quantitative estimate of drug-likeness (QED) is 0.686. The fourth-order valence-corrected chi connectivity index (χ4v) is 2.56. The number of imidazole rings is 1. The second-order valence-corrected chi connectivity index (χ2v) is 4.98. The number of aryl methyl sites for hydroxylation is 2. The number of hydrogen-bond acceptors (Lipinski definition) is 5. The minimum atomic E-state index is 0.291. The van der Waals surface area contributed by atoms with E-state index in [4.69, 9.17) is 16.3 Å². The van der Waals surface area contributed by atoms with Gasteiger partial charge in [0.25, 0.3) is 0 Å². The van der Waals surface area contributed by atoms with Crippen LogP contribution in [-0.2, 0) is 19.5 Å². The van der Waals surface area contributed by atoms with Gasteiger partial charge in [-0.2, -0.15) is 10.1 Å². The number of nitrogens with zero attached hydrogens (tertiary/aromatic N) is 6. The predicted octanol–water partition coefficient (Wildman–Crippen LogP) is 1.66. The largest absolute Gasteiger partial charge is 0.479 e. The standard InChI is InChI=1S/C13H15ClN6O/c1-8-9(5-19(2)18-8)6-20-10(4-14)17-11-12(20)15-7-16-13(11)21-3/h5,7H,4,6H2,1-3H3. The lowest BCUT2D eigenvalue weighted by atomic mass is 10.2. The summed E-state index contributed by atoms with van der Waals surface area (Å²) in [4.78, 5) is 12.9. The van der Waals surface area contributed by atoms with Crippen LogP contribution in [0.5, 0.6) is 5.88 Å². The number of rotatable bonds is 4. The summed E-state index contributed by atoms with van der Waals surface area (Å²) in [5.41, 5.74) is 3.40. The zero-order valence-corrected chi connectivity index (χ0v) is 12.8. The Kier molecular flexibility index (Phi) is 3.50. The molecule has 110 valence electrons. The maximum absolute atomic E-state index is 6.02. The highest BCUT2D eigenvalue weighted by molar-refractivity contribution is 6.16. The first-order chi connectivity index (χ1) is 10.1. The molecule has 3 heterocycles. The van der Waals surface area contributed by atoms with Crippen LogP contribution in [-0.4, -0.2) is 36.4 Å². The van der Waals surface area contributed by atoms with Crippen LogP contribution in [0.15, 0.2) is 12.5 Å². The van der Waals surface area contributed by atoms with Crippen molar-refractivity contribution in [3.8, 4) is 5.88 Å². The van der Waals surface area contributed by atoms with E-state index < -0.39 is 0 Å². The minimum Gasteiger partial charge on any atom is -0.479 e. The third-order valence-electron chi connectivity index (χ3n) is 3.33. The van der Waals surface area contributed by atoms with Crippen molar-refractivity contribution in [2.45, 2.75) is 19.3 Å². The van der Waals surface area contributed by atoms with Crippen molar-refractivity contribution in [1.82, 2.24) is 29.3 Å². The van der Waals surface area contributed by atoms with E-state index in [-0.39, 0.29) is 0 Å².